The minimum atomic E-state index is -0.446. The lowest BCUT2D eigenvalue weighted by atomic mass is 10.2. The molecule has 5 heteroatoms. The Labute approximate surface area is 110 Å². The first-order chi connectivity index (χ1) is 8.19. The maximum absolute atomic E-state index is 12.9. The molecule has 0 aliphatic carbocycles. The normalized spacial score (nSPS) is 10.2. The highest BCUT2D eigenvalue weighted by Gasteiger charge is 2.05. The highest BCUT2D eigenvalue weighted by molar-refractivity contribution is 9.11. The van der Waals surface area contributed by atoms with E-state index in [0.717, 1.165) is 14.7 Å². The molecule has 0 spiro atoms. The van der Waals surface area contributed by atoms with Gasteiger partial charge in [0.25, 0.3) is 0 Å². The van der Waals surface area contributed by atoms with Crippen molar-refractivity contribution in [2.75, 3.05) is 0 Å². The Kier molecular flexibility index (Phi) is 3.91. The first kappa shape index (κ1) is 12.3. The summed E-state index contributed by atoms with van der Waals surface area (Å²) < 4.78 is 19.4. The maximum Gasteiger partial charge on any atom is 0.153 e. The van der Waals surface area contributed by atoms with E-state index in [9.17, 15) is 9.18 Å². The van der Waals surface area contributed by atoms with Crippen molar-refractivity contribution in [3.8, 4) is 5.75 Å². The summed E-state index contributed by atoms with van der Waals surface area (Å²) in [4.78, 5) is 11.8. The lowest BCUT2D eigenvalue weighted by Crippen LogP contribution is -1.97. The van der Waals surface area contributed by atoms with E-state index in [1.807, 2.05) is 12.1 Å². The summed E-state index contributed by atoms with van der Waals surface area (Å²) in [7, 11) is 0. The van der Waals surface area contributed by atoms with E-state index >= 15 is 0 Å². The minimum Gasteiger partial charge on any atom is -0.487 e. The van der Waals surface area contributed by atoms with Gasteiger partial charge in [0.05, 0.1) is 9.35 Å². The molecule has 0 bridgehead atoms. The van der Waals surface area contributed by atoms with Gasteiger partial charge in [-0.05, 0) is 46.3 Å². The molecule has 0 N–H and O–H groups in total. The van der Waals surface area contributed by atoms with E-state index in [2.05, 4.69) is 15.9 Å². The molecule has 2 rings (SSSR count). The predicted molar refractivity (Wildman–Crippen MR) is 68.1 cm³/mol. The second-order valence-electron chi connectivity index (χ2n) is 3.29. The molecule has 88 valence electrons. The summed E-state index contributed by atoms with van der Waals surface area (Å²) in [6.07, 6.45) is 0.586. The fourth-order valence-corrected chi connectivity index (χ4v) is 2.72. The molecule has 0 unspecified atom stereocenters. The van der Waals surface area contributed by atoms with Crippen molar-refractivity contribution in [3.63, 3.8) is 0 Å². The first-order valence-corrected chi connectivity index (χ1v) is 6.42. The van der Waals surface area contributed by atoms with Crippen molar-refractivity contribution in [2.45, 2.75) is 6.61 Å². The Morgan fingerprint density at radius 2 is 2.18 bits per heavy atom. The van der Waals surface area contributed by atoms with E-state index in [4.69, 9.17) is 4.74 Å². The Hall–Kier alpha value is -1.20. The van der Waals surface area contributed by atoms with Crippen LogP contribution in [0, 0.1) is 5.82 Å². The summed E-state index contributed by atoms with van der Waals surface area (Å²) in [6.45, 7) is 0.364. The number of hydrogen-bond donors (Lipinski definition) is 0. The fraction of sp³-hybridized carbons (Fsp3) is 0.0833. The lowest BCUT2D eigenvalue weighted by Gasteiger charge is -2.06. The second-order valence-corrected chi connectivity index (χ2v) is 5.84. The monoisotopic (exact) mass is 314 g/mol. The van der Waals surface area contributed by atoms with E-state index in [1.54, 1.807) is 11.3 Å². The highest BCUT2D eigenvalue weighted by Crippen LogP contribution is 2.24. The molecule has 1 aromatic heterocycles. The zero-order valence-corrected chi connectivity index (χ0v) is 11.1. The quantitative estimate of drug-likeness (QED) is 0.796. The van der Waals surface area contributed by atoms with E-state index in [0.29, 0.717) is 18.6 Å². The smallest absolute Gasteiger partial charge is 0.153 e. The van der Waals surface area contributed by atoms with Gasteiger partial charge in [0.2, 0.25) is 0 Å². The van der Waals surface area contributed by atoms with Crippen molar-refractivity contribution >= 4 is 33.6 Å². The minimum absolute atomic E-state index is 0.223. The van der Waals surface area contributed by atoms with Gasteiger partial charge in [-0.1, -0.05) is 0 Å². The number of carbonyl (C=O) groups is 1. The molecule has 2 nitrogen and oxygen atoms in total. The zero-order chi connectivity index (χ0) is 12.3. The molecule has 2 aromatic rings. The van der Waals surface area contributed by atoms with Gasteiger partial charge in [0, 0.05) is 4.88 Å². The third-order valence-electron chi connectivity index (χ3n) is 2.10. The van der Waals surface area contributed by atoms with Crippen LogP contribution in [0.5, 0.6) is 5.75 Å². The molecular weight excluding hydrogens is 307 g/mol. The second kappa shape index (κ2) is 5.42. The average Bonchev–Trinajstić information content (AvgIpc) is 2.73. The Morgan fingerprint density at radius 1 is 1.35 bits per heavy atom. The number of benzene rings is 1. The van der Waals surface area contributed by atoms with Crippen LogP contribution in [-0.2, 0) is 6.61 Å². The molecule has 1 aromatic carbocycles. The largest absolute Gasteiger partial charge is 0.487 e. The van der Waals surface area contributed by atoms with Crippen molar-refractivity contribution in [1.29, 1.82) is 0 Å². The lowest BCUT2D eigenvalue weighted by molar-refractivity contribution is 0.111. The third kappa shape index (κ3) is 3.14. The van der Waals surface area contributed by atoms with Crippen LogP contribution >= 0.6 is 27.3 Å². The molecule has 0 amide bonds. The number of rotatable bonds is 4. The van der Waals surface area contributed by atoms with Crippen LogP contribution in [0.1, 0.15) is 15.2 Å². The van der Waals surface area contributed by atoms with Crippen LogP contribution in [-0.4, -0.2) is 6.29 Å². The third-order valence-corrected chi connectivity index (χ3v) is 3.69. The summed E-state index contributed by atoms with van der Waals surface area (Å²) >= 11 is 4.91. The summed E-state index contributed by atoms with van der Waals surface area (Å²) in [5.74, 6) is -0.0516. The molecule has 0 saturated heterocycles. The van der Waals surface area contributed by atoms with Gasteiger partial charge in [-0.15, -0.1) is 11.3 Å². The van der Waals surface area contributed by atoms with Gasteiger partial charge in [0.15, 0.2) is 6.29 Å². The van der Waals surface area contributed by atoms with Crippen LogP contribution in [0.2, 0.25) is 0 Å². The van der Waals surface area contributed by atoms with Crippen LogP contribution < -0.4 is 4.74 Å². The fourth-order valence-electron chi connectivity index (χ4n) is 1.32. The average molecular weight is 315 g/mol. The van der Waals surface area contributed by atoms with Gasteiger partial charge in [-0.2, -0.15) is 0 Å². The number of thiophene rings is 1. The molecule has 0 aliphatic rings. The molecular formula is C12H8BrFO2S. The van der Waals surface area contributed by atoms with Crippen molar-refractivity contribution in [3.05, 3.63) is 50.4 Å². The van der Waals surface area contributed by atoms with Crippen LogP contribution in [0.25, 0.3) is 0 Å². The van der Waals surface area contributed by atoms with Crippen molar-refractivity contribution in [2.24, 2.45) is 0 Å². The van der Waals surface area contributed by atoms with Gasteiger partial charge in [-0.25, -0.2) is 4.39 Å². The standard InChI is InChI=1S/C12H8BrFO2S/c13-12-4-2-10(17-12)7-16-11-3-1-9(14)5-8(11)6-15/h1-6H,7H2. The molecule has 17 heavy (non-hydrogen) atoms. The topological polar surface area (TPSA) is 26.3 Å². The summed E-state index contributed by atoms with van der Waals surface area (Å²) in [6, 6.07) is 7.74. The summed E-state index contributed by atoms with van der Waals surface area (Å²) in [5.41, 5.74) is 0.223. The Balaban J connectivity index is 2.11. The van der Waals surface area contributed by atoms with Crippen LogP contribution in [0.15, 0.2) is 34.1 Å². The van der Waals surface area contributed by atoms with Crippen LogP contribution in [0.3, 0.4) is 0 Å². The van der Waals surface area contributed by atoms with Gasteiger partial charge >= 0.3 is 0 Å². The Morgan fingerprint density at radius 3 is 2.82 bits per heavy atom. The predicted octanol–water partition coefficient (Wildman–Crippen LogP) is 4.04. The number of aldehydes is 1. The number of carbonyl (C=O) groups excluding carboxylic acids is 1. The van der Waals surface area contributed by atoms with E-state index in [1.165, 1.54) is 12.1 Å². The molecule has 0 atom stereocenters. The maximum atomic E-state index is 12.9. The molecule has 0 fully saturated rings. The molecule has 0 radical (unpaired) electrons. The first-order valence-electron chi connectivity index (χ1n) is 4.81. The SMILES string of the molecule is O=Cc1cc(F)ccc1OCc1ccc(Br)s1. The highest BCUT2D eigenvalue weighted by atomic mass is 79.9. The number of hydrogen-bond acceptors (Lipinski definition) is 3. The Bertz CT molecular complexity index is 539. The van der Waals surface area contributed by atoms with Crippen molar-refractivity contribution in [1.82, 2.24) is 0 Å². The summed E-state index contributed by atoms with van der Waals surface area (Å²) in [5, 5.41) is 0. The zero-order valence-electron chi connectivity index (χ0n) is 8.65. The number of halogens is 2. The van der Waals surface area contributed by atoms with E-state index < -0.39 is 5.82 Å². The van der Waals surface area contributed by atoms with Gasteiger partial charge in [-0.3, -0.25) is 4.79 Å². The molecule has 0 saturated carbocycles. The van der Waals surface area contributed by atoms with Crippen molar-refractivity contribution < 1.29 is 13.9 Å². The van der Waals surface area contributed by atoms with Crippen LogP contribution in [0.4, 0.5) is 4.39 Å². The van der Waals surface area contributed by atoms with E-state index in [-0.39, 0.29) is 5.56 Å². The van der Waals surface area contributed by atoms with Gasteiger partial charge in [0.1, 0.15) is 18.2 Å². The molecule has 1 heterocycles. The number of ether oxygens (including phenoxy) is 1. The molecule has 0 aliphatic heterocycles. The van der Waals surface area contributed by atoms with Gasteiger partial charge < -0.3 is 4.74 Å².